The molecule has 27 heavy (non-hydrogen) atoms. The highest BCUT2D eigenvalue weighted by atomic mass is 32.2. The minimum atomic E-state index is -0.321. The molecule has 1 aliphatic heterocycles. The third-order valence-corrected chi connectivity index (χ3v) is 5.62. The Labute approximate surface area is 162 Å². The van der Waals surface area contributed by atoms with E-state index in [0.717, 1.165) is 23.5 Å². The lowest BCUT2D eigenvalue weighted by Crippen LogP contribution is -2.33. The van der Waals surface area contributed by atoms with Crippen LogP contribution >= 0.6 is 11.8 Å². The van der Waals surface area contributed by atoms with Crippen LogP contribution in [0.15, 0.2) is 46.9 Å². The highest BCUT2D eigenvalue weighted by Crippen LogP contribution is 2.36. The van der Waals surface area contributed by atoms with Crippen LogP contribution in [0.4, 0.5) is 5.82 Å². The van der Waals surface area contributed by atoms with E-state index in [2.05, 4.69) is 23.8 Å². The van der Waals surface area contributed by atoms with E-state index in [0.29, 0.717) is 23.1 Å². The van der Waals surface area contributed by atoms with Crippen LogP contribution in [0.5, 0.6) is 5.75 Å². The van der Waals surface area contributed by atoms with Crippen LogP contribution in [-0.4, -0.2) is 27.8 Å². The number of amides is 1. The van der Waals surface area contributed by atoms with Crippen LogP contribution in [0, 0.1) is 0 Å². The number of nitrogens with one attached hydrogen (secondary N) is 1. The van der Waals surface area contributed by atoms with Gasteiger partial charge in [0.2, 0.25) is 5.91 Å². The van der Waals surface area contributed by atoms with Gasteiger partial charge in [0.1, 0.15) is 18.2 Å². The van der Waals surface area contributed by atoms with Gasteiger partial charge in [-0.2, -0.15) is 4.98 Å². The number of carbonyl (C=O) groups is 1. The smallest absolute Gasteiger partial charge is 0.279 e. The van der Waals surface area contributed by atoms with E-state index < -0.39 is 0 Å². The summed E-state index contributed by atoms with van der Waals surface area (Å²) in [5.74, 6) is 1.70. The van der Waals surface area contributed by atoms with E-state index in [1.807, 2.05) is 35.9 Å². The quantitative estimate of drug-likeness (QED) is 0.450. The first-order chi connectivity index (χ1) is 13.0. The van der Waals surface area contributed by atoms with Gasteiger partial charge in [0.25, 0.3) is 5.56 Å². The van der Waals surface area contributed by atoms with Crippen LogP contribution < -0.4 is 15.6 Å². The minimum Gasteiger partial charge on any atom is -0.490 e. The van der Waals surface area contributed by atoms with Gasteiger partial charge < -0.3 is 14.6 Å². The number of ether oxygens (including phenoxy) is 1. The largest absolute Gasteiger partial charge is 0.490 e. The number of benzene rings is 1. The first-order valence-corrected chi connectivity index (χ1v) is 9.91. The Morgan fingerprint density at radius 1 is 1.37 bits per heavy atom. The Kier molecular flexibility index (Phi) is 6.01. The van der Waals surface area contributed by atoms with E-state index in [4.69, 9.17) is 4.74 Å². The molecule has 1 N–H and O–H groups in total. The summed E-state index contributed by atoms with van der Waals surface area (Å²) in [4.78, 5) is 29.4. The predicted octanol–water partition coefficient (Wildman–Crippen LogP) is 3.32. The Morgan fingerprint density at radius 2 is 2.11 bits per heavy atom. The lowest BCUT2D eigenvalue weighted by Gasteiger charge is -2.27. The summed E-state index contributed by atoms with van der Waals surface area (Å²) in [6, 6.07) is 7.47. The average Bonchev–Trinajstić information content (AvgIpc) is 2.67. The number of anilines is 1. The third-order valence-electron chi connectivity index (χ3n) is 4.39. The van der Waals surface area contributed by atoms with Crippen molar-refractivity contribution in [3.05, 3.63) is 58.4 Å². The van der Waals surface area contributed by atoms with Crippen molar-refractivity contribution in [2.45, 2.75) is 30.8 Å². The summed E-state index contributed by atoms with van der Waals surface area (Å²) in [5.41, 5.74) is 1.15. The fourth-order valence-corrected chi connectivity index (χ4v) is 3.91. The summed E-state index contributed by atoms with van der Waals surface area (Å²) < 4.78 is 7.31. The van der Waals surface area contributed by atoms with Crippen LogP contribution in [0.1, 0.15) is 36.8 Å². The standard InChI is InChI=1S/C20H23N3O3S/c1-4-10-26-14-8-6-13(7-9-14)15-12-16(24)21-18-17(15)19(25)22-20(23(18)3)27-11-5-2/h4,6-9,15H,1,5,10-12H2,2-3H3,(H,21,24)/t15-/m0/s1. The van der Waals surface area contributed by atoms with E-state index in [1.54, 1.807) is 6.08 Å². The van der Waals surface area contributed by atoms with Crippen molar-refractivity contribution in [3.8, 4) is 5.75 Å². The van der Waals surface area contributed by atoms with Gasteiger partial charge in [-0.05, 0) is 24.1 Å². The second-order valence-electron chi connectivity index (χ2n) is 6.34. The molecule has 1 amide bonds. The summed E-state index contributed by atoms with van der Waals surface area (Å²) in [5, 5.41) is 3.48. The molecule has 0 saturated heterocycles. The molecular formula is C20H23N3O3S. The van der Waals surface area contributed by atoms with Gasteiger partial charge in [-0.15, -0.1) is 0 Å². The normalized spacial score (nSPS) is 15.8. The second-order valence-corrected chi connectivity index (χ2v) is 7.40. The predicted molar refractivity (Wildman–Crippen MR) is 108 cm³/mol. The summed E-state index contributed by atoms with van der Waals surface area (Å²) >= 11 is 1.52. The average molecular weight is 385 g/mol. The van der Waals surface area contributed by atoms with Crippen molar-refractivity contribution in [3.63, 3.8) is 0 Å². The molecule has 6 nitrogen and oxygen atoms in total. The van der Waals surface area contributed by atoms with Crippen LogP contribution in [0.2, 0.25) is 0 Å². The van der Waals surface area contributed by atoms with Gasteiger partial charge in [-0.3, -0.25) is 9.59 Å². The van der Waals surface area contributed by atoms with Gasteiger partial charge in [-0.1, -0.05) is 43.5 Å². The van der Waals surface area contributed by atoms with Crippen LogP contribution in [0.3, 0.4) is 0 Å². The molecule has 0 unspecified atom stereocenters. The van der Waals surface area contributed by atoms with E-state index >= 15 is 0 Å². The van der Waals surface area contributed by atoms with Crippen molar-refractivity contribution in [2.24, 2.45) is 7.05 Å². The second kappa shape index (κ2) is 8.43. The maximum Gasteiger partial charge on any atom is 0.279 e. The number of aromatic nitrogens is 2. The molecule has 1 aromatic heterocycles. The van der Waals surface area contributed by atoms with E-state index in [-0.39, 0.29) is 23.8 Å². The summed E-state index contributed by atoms with van der Waals surface area (Å²) in [6.07, 6.45) is 2.88. The summed E-state index contributed by atoms with van der Waals surface area (Å²) in [6.45, 7) is 6.13. The van der Waals surface area contributed by atoms with Gasteiger partial charge in [-0.25, -0.2) is 0 Å². The molecule has 1 aliphatic rings. The van der Waals surface area contributed by atoms with Gasteiger partial charge in [0.15, 0.2) is 5.16 Å². The monoisotopic (exact) mass is 385 g/mol. The fraction of sp³-hybridized carbons (Fsp3) is 0.350. The number of nitrogens with zero attached hydrogens (tertiary/aromatic N) is 2. The molecule has 0 spiro atoms. The Hall–Kier alpha value is -2.54. The molecule has 0 fully saturated rings. The number of carbonyl (C=O) groups excluding carboxylic acids is 1. The van der Waals surface area contributed by atoms with E-state index in [9.17, 15) is 9.59 Å². The zero-order valence-electron chi connectivity index (χ0n) is 15.5. The van der Waals surface area contributed by atoms with Crippen LogP contribution in [0.25, 0.3) is 0 Å². The minimum absolute atomic E-state index is 0.105. The molecule has 0 aliphatic carbocycles. The lowest BCUT2D eigenvalue weighted by atomic mass is 9.87. The molecule has 0 saturated carbocycles. The lowest BCUT2D eigenvalue weighted by molar-refractivity contribution is -0.116. The molecule has 0 bridgehead atoms. The fourth-order valence-electron chi connectivity index (χ4n) is 3.09. The van der Waals surface area contributed by atoms with Crippen molar-refractivity contribution in [1.82, 2.24) is 9.55 Å². The van der Waals surface area contributed by atoms with Crippen molar-refractivity contribution in [2.75, 3.05) is 17.7 Å². The maximum absolute atomic E-state index is 12.8. The number of fused-ring (bicyclic) bond motifs is 1. The Bertz CT molecular complexity index is 906. The maximum atomic E-state index is 12.8. The zero-order chi connectivity index (χ0) is 19.4. The van der Waals surface area contributed by atoms with Gasteiger partial charge in [0.05, 0.1) is 5.56 Å². The van der Waals surface area contributed by atoms with Crippen molar-refractivity contribution in [1.29, 1.82) is 0 Å². The molecule has 3 rings (SSSR count). The van der Waals surface area contributed by atoms with Crippen LogP contribution in [-0.2, 0) is 11.8 Å². The van der Waals surface area contributed by atoms with Crippen molar-refractivity contribution >= 4 is 23.5 Å². The van der Waals surface area contributed by atoms with Gasteiger partial charge >= 0.3 is 0 Å². The Balaban J connectivity index is 2.00. The van der Waals surface area contributed by atoms with Crippen molar-refractivity contribution < 1.29 is 9.53 Å². The highest BCUT2D eigenvalue weighted by Gasteiger charge is 2.32. The first kappa shape index (κ1) is 19.2. The molecular weight excluding hydrogens is 362 g/mol. The van der Waals surface area contributed by atoms with E-state index in [1.165, 1.54) is 11.8 Å². The van der Waals surface area contributed by atoms with Gasteiger partial charge in [0, 0.05) is 25.1 Å². The molecule has 142 valence electrons. The third kappa shape index (κ3) is 4.08. The molecule has 1 atom stereocenters. The topological polar surface area (TPSA) is 73.2 Å². The molecule has 0 radical (unpaired) electrons. The zero-order valence-corrected chi connectivity index (χ0v) is 16.3. The number of rotatable bonds is 7. The number of hydrogen-bond acceptors (Lipinski definition) is 5. The first-order valence-electron chi connectivity index (χ1n) is 8.92. The highest BCUT2D eigenvalue weighted by molar-refractivity contribution is 7.99. The molecule has 2 heterocycles. The molecule has 2 aromatic rings. The Morgan fingerprint density at radius 3 is 2.78 bits per heavy atom. The molecule has 7 heteroatoms. The summed E-state index contributed by atoms with van der Waals surface area (Å²) in [7, 11) is 1.83. The molecule has 1 aromatic carbocycles. The SMILES string of the molecule is C=CCOc1ccc([C@@H]2CC(=O)Nc3c2c(=O)nc(SCCC)n3C)cc1. The number of thioether (sulfide) groups is 1. The number of hydrogen-bond donors (Lipinski definition) is 1.